The Labute approximate surface area is 201 Å². The molecule has 178 valence electrons. The summed E-state index contributed by atoms with van der Waals surface area (Å²) < 4.78 is 10.3. The van der Waals surface area contributed by atoms with E-state index in [0.717, 1.165) is 5.69 Å². The number of pyridine rings is 1. The maximum absolute atomic E-state index is 12.7. The second kappa shape index (κ2) is 11.0. The number of likely N-dealkylation sites (tertiary alicyclic amines) is 1. The average molecular weight is 485 g/mol. The molecular weight excluding hydrogens is 460 g/mol. The highest BCUT2D eigenvalue weighted by Crippen LogP contribution is 2.27. The summed E-state index contributed by atoms with van der Waals surface area (Å²) in [6.07, 6.45) is 4.99. The Bertz CT molecular complexity index is 1090. The van der Waals surface area contributed by atoms with Gasteiger partial charge in [-0.05, 0) is 42.8 Å². The molecule has 1 aliphatic heterocycles. The molecule has 3 amide bonds. The number of nitrogens with zero attached hydrogens (tertiary/aromatic N) is 3. The van der Waals surface area contributed by atoms with Crippen LogP contribution < -0.4 is 20.7 Å². The highest BCUT2D eigenvalue weighted by atomic mass is 35.5. The number of anilines is 2. The number of piperidine rings is 1. The summed E-state index contributed by atoms with van der Waals surface area (Å²) >= 11 is 5.92. The third-order valence-corrected chi connectivity index (χ3v) is 5.80. The van der Waals surface area contributed by atoms with Crippen molar-refractivity contribution in [2.75, 3.05) is 37.4 Å². The number of carbonyl (C=O) groups excluding carboxylic acids is 2. The molecule has 4 rings (SSSR count). The van der Waals surface area contributed by atoms with Gasteiger partial charge >= 0.3 is 6.03 Å². The van der Waals surface area contributed by atoms with Crippen molar-refractivity contribution in [3.8, 4) is 5.75 Å². The zero-order valence-electron chi connectivity index (χ0n) is 18.5. The van der Waals surface area contributed by atoms with Crippen LogP contribution in [0.3, 0.4) is 0 Å². The number of hydrogen-bond donors (Lipinski definition) is 3. The number of oxazole rings is 1. The van der Waals surface area contributed by atoms with Crippen LogP contribution in [-0.4, -0.2) is 59.6 Å². The summed E-state index contributed by atoms with van der Waals surface area (Å²) in [6, 6.07) is 10.1. The van der Waals surface area contributed by atoms with Gasteiger partial charge in [0.1, 0.15) is 5.75 Å². The van der Waals surface area contributed by atoms with Crippen molar-refractivity contribution in [1.29, 1.82) is 0 Å². The Kier molecular flexibility index (Phi) is 7.61. The van der Waals surface area contributed by atoms with Gasteiger partial charge in [-0.1, -0.05) is 11.6 Å². The number of benzene rings is 1. The molecule has 0 radical (unpaired) electrons. The fourth-order valence-electron chi connectivity index (χ4n) is 3.89. The van der Waals surface area contributed by atoms with Crippen molar-refractivity contribution in [3.63, 3.8) is 0 Å². The van der Waals surface area contributed by atoms with Crippen LogP contribution in [0, 0.1) is 0 Å². The number of ether oxygens (including phenoxy) is 1. The van der Waals surface area contributed by atoms with E-state index in [0.29, 0.717) is 41.9 Å². The molecule has 11 heteroatoms. The van der Waals surface area contributed by atoms with Gasteiger partial charge in [0.15, 0.2) is 6.39 Å². The number of rotatable bonds is 7. The molecule has 34 heavy (non-hydrogen) atoms. The Balaban J connectivity index is 1.43. The largest absolute Gasteiger partial charge is 0.495 e. The van der Waals surface area contributed by atoms with Gasteiger partial charge in [-0.2, -0.15) is 0 Å². The molecule has 0 spiro atoms. The van der Waals surface area contributed by atoms with Crippen LogP contribution in [0.2, 0.25) is 5.02 Å². The van der Waals surface area contributed by atoms with Gasteiger partial charge in [0.2, 0.25) is 11.8 Å². The Morgan fingerprint density at radius 3 is 2.68 bits per heavy atom. The molecule has 0 bridgehead atoms. The van der Waals surface area contributed by atoms with Crippen molar-refractivity contribution < 1.29 is 18.7 Å². The van der Waals surface area contributed by atoms with Crippen LogP contribution in [0.5, 0.6) is 5.75 Å². The summed E-state index contributed by atoms with van der Waals surface area (Å²) in [6.45, 7) is 1.34. The molecular formula is C23H25ClN6O4. The first-order valence-electron chi connectivity index (χ1n) is 10.7. The third-order valence-electron chi connectivity index (χ3n) is 5.55. The summed E-state index contributed by atoms with van der Waals surface area (Å²) in [4.78, 5) is 35.5. The lowest BCUT2D eigenvalue weighted by Crippen LogP contribution is -2.52. The predicted octanol–water partition coefficient (Wildman–Crippen LogP) is 3.35. The maximum atomic E-state index is 12.7. The van der Waals surface area contributed by atoms with Crippen LogP contribution in [0.15, 0.2) is 59.6 Å². The highest BCUT2D eigenvalue weighted by Gasteiger charge is 2.33. The summed E-state index contributed by atoms with van der Waals surface area (Å²) in [5, 5.41) is 9.17. The number of urea groups is 1. The van der Waals surface area contributed by atoms with Gasteiger partial charge in [0, 0.05) is 41.5 Å². The monoisotopic (exact) mass is 484 g/mol. The number of carbonyl (C=O) groups is 2. The van der Waals surface area contributed by atoms with Gasteiger partial charge < -0.3 is 19.8 Å². The second-order valence-corrected chi connectivity index (χ2v) is 8.32. The lowest BCUT2D eigenvalue weighted by Gasteiger charge is -2.38. The van der Waals surface area contributed by atoms with Crippen LogP contribution in [-0.2, 0) is 4.79 Å². The van der Waals surface area contributed by atoms with Crippen LogP contribution in [0.1, 0.15) is 18.0 Å². The first-order chi connectivity index (χ1) is 16.5. The molecule has 0 unspecified atom stereocenters. The number of aromatic nitrogens is 2. The molecule has 1 aromatic carbocycles. The number of methoxy groups -OCH3 is 1. The van der Waals surface area contributed by atoms with Crippen molar-refractivity contribution in [1.82, 2.24) is 20.2 Å². The standard InChI is InChI=1S/C23H25ClN6O4/c1-33-17-6-7-19(26-10-17)18-12-30(13-21(31)29-22-11-25-14-34-22)9-8-20(18)28-23(32)27-16-4-2-15(24)3-5-16/h2-7,10-11,14,18,20H,8-9,12-13H2,1H3,(H,29,31)(H2,27,28,32)/t18-,20+/m0/s1. The van der Waals surface area contributed by atoms with E-state index in [1.165, 1.54) is 12.6 Å². The molecule has 1 fully saturated rings. The minimum atomic E-state index is -0.317. The van der Waals surface area contributed by atoms with Crippen molar-refractivity contribution in [2.24, 2.45) is 0 Å². The zero-order chi connectivity index (χ0) is 23.9. The molecule has 0 aliphatic carbocycles. The fraction of sp³-hybridized carbons (Fsp3) is 0.304. The molecule has 3 aromatic rings. The van der Waals surface area contributed by atoms with Crippen LogP contribution in [0.25, 0.3) is 0 Å². The first kappa shape index (κ1) is 23.5. The van der Waals surface area contributed by atoms with E-state index in [1.807, 2.05) is 17.0 Å². The van der Waals surface area contributed by atoms with E-state index in [9.17, 15) is 9.59 Å². The second-order valence-electron chi connectivity index (χ2n) is 7.88. The smallest absolute Gasteiger partial charge is 0.319 e. The van der Waals surface area contributed by atoms with E-state index in [1.54, 1.807) is 37.6 Å². The minimum Gasteiger partial charge on any atom is -0.495 e. The zero-order valence-corrected chi connectivity index (χ0v) is 19.3. The van der Waals surface area contributed by atoms with Gasteiger partial charge in [-0.3, -0.25) is 20.0 Å². The number of hydrogen-bond acceptors (Lipinski definition) is 7. The van der Waals surface area contributed by atoms with E-state index in [2.05, 4.69) is 25.9 Å². The normalized spacial score (nSPS) is 18.2. The molecule has 1 aliphatic rings. The average Bonchev–Trinajstić information content (AvgIpc) is 3.34. The Morgan fingerprint density at radius 1 is 1.18 bits per heavy atom. The van der Waals surface area contributed by atoms with Gasteiger partial charge in [-0.25, -0.2) is 9.78 Å². The van der Waals surface area contributed by atoms with Gasteiger partial charge in [0.05, 0.1) is 26.0 Å². The van der Waals surface area contributed by atoms with Crippen molar-refractivity contribution in [2.45, 2.75) is 18.4 Å². The molecule has 10 nitrogen and oxygen atoms in total. The van der Waals surface area contributed by atoms with Crippen LogP contribution >= 0.6 is 11.6 Å². The highest BCUT2D eigenvalue weighted by molar-refractivity contribution is 6.30. The van der Waals surface area contributed by atoms with E-state index in [4.69, 9.17) is 20.8 Å². The van der Waals surface area contributed by atoms with E-state index < -0.39 is 0 Å². The quantitative estimate of drug-likeness (QED) is 0.470. The molecule has 2 atom stereocenters. The lowest BCUT2D eigenvalue weighted by molar-refractivity contribution is -0.117. The van der Waals surface area contributed by atoms with E-state index in [-0.39, 0.29) is 30.4 Å². The maximum Gasteiger partial charge on any atom is 0.319 e. The van der Waals surface area contributed by atoms with Gasteiger partial charge in [0.25, 0.3) is 0 Å². The Hall–Kier alpha value is -3.63. The predicted molar refractivity (Wildman–Crippen MR) is 127 cm³/mol. The first-order valence-corrected chi connectivity index (χ1v) is 11.1. The fourth-order valence-corrected chi connectivity index (χ4v) is 4.02. The molecule has 3 N–H and O–H groups in total. The summed E-state index contributed by atoms with van der Waals surface area (Å²) in [7, 11) is 1.58. The van der Waals surface area contributed by atoms with Gasteiger partial charge in [-0.15, -0.1) is 0 Å². The number of halogens is 1. The molecule has 1 saturated heterocycles. The third kappa shape index (κ3) is 6.24. The lowest BCUT2D eigenvalue weighted by atomic mass is 9.88. The van der Waals surface area contributed by atoms with Crippen molar-refractivity contribution >= 4 is 35.1 Å². The number of amides is 3. The molecule has 2 aromatic heterocycles. The topological polar surface area (TPSA) is 122 Å². The SMILES string of the molecule is COc1ccc([C@@H]2CN(CC(=O)Nc3cnco3)CC[C@H]2NC(=O)Nc2ccc(Cl)cc2)nc1. The van der Waals surface area contributed by atoms with E-state index >= 15 is 0 Å². The number of nitrogens with one attached hydrogen (secondary N) is 3. The van der Waals surface area contributed by atoms with Crippen LogP contribution in [0.4, 0.5) is 16.4 Å². The summed E-state index contributed by atoms with van der Waals surface area (Å²) in [5.41, 5.74) is 1.44. The minimum absolute atomic E-state index is 0.131. The van der Waals surface area contributed by atoms with Crippen molar-refractivity contribution in [3.05, 3.63) is 65.9 Å². The molecule has 0 saturated carbocycles. The summed E-state index contributed by atoms with van der Waals surface area (Å²) in [5.74, 6) is 0.611. The Morgan fingerprint density at radius 2 is 2.00 bits per heavy atom. The molecule has 3 heterocycles.